The van der Waals surface area contributed by atoms with Crippen molar-refractivity contribution in [3.05, 3.63) is 29.6 Å². The molecule has 0 radical (unpaired) electrons. The minimum Gasteiger partial charge on any atom is -0.306 e. The summed E-state index contributed by atoms with van der Waals surface area (Å²) < 4.78 is 0. The first-order chi connectivity index (χ1) is 8.45. The molecule has 1 saturated heterocycles. The Bertz CT molecular complexity index is 384. The van der Waals surface area contributed by atoms with Crippen molar-refractivity contribution in [3.63, 3.8) is 0 Å². The molecule has 2 rings (SSSR count). The molecule has 0 N–H and O–H groups in total. The van der Waals surface area contributed by atoms with Crippen LogP contribution in [-0.4, -0.2) is 30.0 Å². The molecule has 1 aliphatic rings. The first kappa shape index (κ1) is 13.5. The van der Waals surface area contributed by atoms with Crippen LogP contribution in [0.2, 0.25) is 0 Å². The Kier molecular flexibility index (Phi) is 4.06. The van der Waals surface area contributed by atoms with Crippen LogP contribution < -0.4 is 0 Å². The SMILES string of the molecule is CN1CCC(Cc2cncc(C(C)(C)C)c2)CC1. The van der Waals surface area contributed by atoms with Gasteiger partial charge in [-0.3, -0.25) is 4.98 Å². The summed E-state index contributed by atoms with van der Waals surface area (Å²) >= 11 is 0. The van der Waals surface area contributed by atoms with Crippen LogP contribution in [0, 0.1) is 5.92 Å². The average Bonchev–Trinajstić information content (AvgIpc) is 2.31. The van der Waals surface area contributed by atoms with Crippen LogP contribution in [0.4, 0.5) is 0 Å². The maximum Gasteiger partial charge on any atom is 0.0305 e. The van der Waals surface area contributed by atoms with Gasteiger partial charge in [-0.1, -0.05) is 26.8 Å². The zero-order valence-corrected chi connectivity index (χ0v) is 12.2. The summed E-state index contributed by atoms with van der Waals surface area (Å²) in [6.45, 7) is 9.25. The van der Waals surface area contributed by atoms with Crippen molar-refractivity contribution in [3.8, 4) is 0 Å². The second-order valence-electron chi connectivity index (χ2n) is 6.78. The van der Waals surface area contributed by atoms with E-state index in [0.29, 0.717) is 0 Å². The van der Waals surface area contributed by atoms with Gasteiger partial charge in [-0.25, -0.2) is 0 Å². The molecule has 0 unspecified atom stereocenters. The molecule has 100 valence electrons. The van der Waals surface area contributed by atoms with Crippen molar-refractivity contribution in [1.29, 1.82) is 0 Å². The van der Waals surface area contributed by atoms with E-state index in [2.05, 4.69) is 43.8 Å². The smallest absolute Gasteiger partial charge is 0.0305 e. The maximum absolute atomic E-state index is 4.42. The highest BCUT2D eigenvalue weighted by molar-refractivity contribution is 5.24. The molecular weight excluding hydrogens is 220 g/mol. The van der Waals surface area contributed by atoms with Gasteiger partial charge in [0.05, 0.1) is 0 Å². The molecule has 0 aromatic carbocycles. The van der Waals surface area contributed by atoms with Crippen molar-refractivity contribution in [1.82, 2.24) is 9.88 Å². The Hall–Kier alpha value is -0.890. The molecular formula is C16H26N2. The van der Waals surface area contributed by atoms with Crippen molar-refractivity contribution in [2.45, 2.75) is 45.4 Å². The predicted octanol–water partition coefficient (Wildman–Crippen LogP) is 3.26. The van der Waals surface area contributed by atoms with Gasteiger partial charge in [0, 0.05) is 12.4 Å². The molecule has 1 aliphatic heterocycles. The van der Waals surface area contributed by atoms with E-state index < -0.39 is 0 Å². The minimum atomic E-state index is 0.204. The molecule has 0 spiro atoms. The van der Waals surface area contributed by atoms with Gasteiger partial charge < -0.3 is 4.90 Å². The standard InChI is InChI=1S/C16H26N2/c1-16(2,3)15-10-14(11-17-12-15)9-13-5-7-18(4)8-6-13/h10-13H,5-9H2,1-4H3. The fraction of sp³-hybridized carbons (Fsp3) is 0.688. The Morgan fingerprint density at radius 1 is 1.22 bits per heavy atom. The summed E-state index contributed by atoms with van der Waals surface area (Å²) in [6.07, 6.45) is 7.92. The highest BCUT2D eigenvalue weighted by Crippen LogP contribution is 2.25. The van der Waals surface area contributed by atoms with E-state index in [1.54, 1.807) is 0 Å². The van der Waals surface area contributed by atoms with E-state index in [0.717, 1.165) is 5.92 Å². The Labute approximate surface area is 111 Å². The lowest BCUT2D eigenvalue weighted by Gasteiger charge is -2.29. The summed E-state index contributed by atoms with van der Waals surface area (Å²) in [6, 6.07) is 2.35. The molecule has 18 heavy (non-hydrogen) atoms. The van der Waals surface area contributed by atoms with Crippen LogP contribution in [0.3, 0.4) is 0 Å². The van der Waals surface area contributed by atoms with Crippen LogP contribution in [-0.2, 0) is 11.8 Å². The zero-order chi connectivity index (χ0) is 13.2. The molecule has 0 bridgehead atoms. The Morgan fingerprint density at radius 3 is 2.50 bits per heavy atom. The van der Waals surface area contributed by atoms with Crippen molar-refractivity contribution in [2.24, 2.45) is 5.92 Å². The number of aromatic nitrogens is 1. The van der Waals surface area contributed by atoms with E-state index in [4.69, 9.17) is 0 Å². The van der Waals surface area contributed by atoms with Crippen molar-refractivity contribution in [2.75, 3.05) is 20.1 Å². The zero-order valence-electron chi connectivity index (χ0n) is 12.2. The predicted molar refractivity (Wildman–Crippen MR) is 76.9 cm³/mol. The third-order valence-corrected chi connectivity index (χ3v) is 4.02. The number of pyridine rings is 1. The maximum atomic E-state index is 4.42. The number of likely N-dealkylation sites (tertiary alicyclic amines) is 1. The third kappa shape index (κ3) is 3.55. The Balaban J connectivity index is 2.01. The lowest BCUT2D eigenvalue weighted by Crippen LogP contribution is -2.31. The lowest BCUT2D eigenvalue weighted by molar-refractivity contribution is 0.219. The van der Waals surface area contributed by atoms with E-state index in [1.165, 1.54) is 43.5 Å². The first-order valence-electron chi connectivity index (χ1n) is 7.08. The molecule has 2 heteroatoms. The molecule has 2 nitrogen and oxygen atoms in total. The van der Waals surface area contributed by atoms with E-state index in [-0.39, 0.29) is 5.41 Å². The lowest BCUT2D eigenvalue weighted by atomic mass is 9.85. The van der Waals surface area contributed by atoms with Crippen LogP contribution >= 0.6 is 0 Å². The minimum absolute atomic E-state index is 0.204. The van der Waals surface area contributed by atoms with Gasteiger partial charge in [0.25, 0.3) is 0 Å². The number of piperidine rings is 1. The third-order valence-electron chi connectivity index (χ3n) is 4.02. The molecule has 1 fully saturated rings. The Morgan fingerprint density at radius 2 is 1.89 bits per heavy atom. The van der Waals surface area contributed by atoms with Gasteiger partial charge in [-0.2, -0.15) is 0 Å². The normalized spacial score (nSPS) is 19.1. The molecule has 0 aliphatic carbocycles. The topological polar surface area (TPSA) is 16.1 Å². The molecule has 1 aromatic heterocycles. The van der Waals surface area contributed by atoms with Crippen molar-refractivity contribution >= 4 is 0 Å². The fourth-order valence-electron chi connectivity index (χ4n) is 2.61. The molecule has 0 saturated carbocycles. The highest BCUT2D eigenvalue weighted by atomic mass is 15.1. The first-order valence-corrected chi connectivity index (χ1v) is 7.08. The van der Waals surface area contributed by atoms with Crippen LogP contribution in [0.1, 0.15) is 44.7 Å². The van der Waals surface area contributed by atoms with Crippen LogP contribution in [0.5, 0.6) is 0 Å². The molecule has 2 heterocycles. The van der Waals surface area contributed by atoms with Gasteiger partial charge >= 0.3 is 0 Å². The van der Waals surface area contributed by atoms with Gasteiger partial charge in [-0.15, -0.1) is 0 Å². The van der Waals surface area contributed by atoms with Gasteiger partial charge in [0.2, 0.25) is 0 Å². The summed E-state index contributed by atoms with van der Waals surface area (Å²) in [5, 5.41) is 0. The van der Waals surface area contributed by atoms with Crippen LogP contribution in [0.15, 0.2) is 18.5 Å². The van der Waals surface area contributed by atoms with Gasteiger partial charge in [0.1, 0.15) is 0 Å². The number of hydrogen-bond acceptors (Lipinski definition) is 2. The van der Waals surface area contributed by atoms with E-state index in [9.17, 15) is 0 Å². The van der Waals surface area contributed by atoms with Crippen molar-refractivity contribution < 1.29 is 0 Å². The van der Waals surface area contributed by atoms with Gasteiger partial charge in [-0.05, 0) is 61.9 Å². The molecule has 0 atom stereocenters. The largest absolute Gasteiger partial charge is 0.306 e. The monoisotopic (exact) mass is 246 g/mol. The van der Waals surface area contributed by atoms with E-state index in [1.807, 2.05) is 12.4 Å². The quantitative estimate of drug-likeness (QED) is 0.796. The number of rotatable bonds is 2. The molecule has 1 aromatic rings. The number of nitrogens with zero attached hydrogens (tertiary/aromatic N) is 2. The average molecular weight is 246 g/mol. The van der Waals surface area contributed by atoms with Crippen LogP contribution in [0.25, 0.3) is 0 Å². The summed E-state index contributed by atoms with van der Waals surface area (Å²) in [4.78, 5) is 6.85. The summed E-state index contributed by atoms with van der Waals surface area (Å²) in [5.41, 5.74) is 2.97. The molecule has 0 amide bonds. The second-order valence-corrected chi connectivity index (χ2v) is 6.78. The summed E-state index contributed by atoms with van der Waals surface area (Å²) in [7, 11) is 2.22. The number of hydrogen-bond donors (Lipinski definition) is 0. The highest BCUT2D eigenvalue weighted by Gasteiger charge is 2.19. The summed E-state index contributed by atoms with van der Waals surface area (Å²) in [5.74, 6) is 0.846. The second kappa shape index (κ2) is 5.40. The fourth-order valence-corrected chi connectivity index (χ4v) is 2.61. The van der Waals surface area contributed by atoms with E-state index >= 15 is 0 Å². The van der Waals surface area contributed by atoms with Gasteiger partial charge in [0.15, 0.2) is 0 Å².